The summed E-state index contributed by atoms with van der Waals surface area (Å²) in [4.78, 5) is 26.2. The minimum absolute atomic E-state index is 0.288. The number of carboxylic acids is 2. The van der Waals surface area contributed by atoms with E-state index in [1.54, 1.807) is 0 Å². The van der Waals surface area contributed by atoms with E-state index in [9.17, 15) is 30.0 Å². The Hall–Kier alpha value is -3.30. The maximum atomic E-state index is 13.3. The molecule has 1 aromatic rings. The Morgan fingerprint density at radius 2 is 1.86 bits per heavy atom. The van der Waals surface area contributed by atoms with Gasteiger partial charge in [-0.25, -0.2) is 0 Å². The molecule has 0 radical (unpaired) electrons. The average molecular weight is 563 g/mol. The number of hydrogen-bond acceptors (Lipinski definition) is 6. The molecule has 0 bridgehead atoms. The number of allylic oxidation sites excluding steroid dienone is 3. The van der Waals surface area contributed by atoms with Crippen LogP contribution >= 0.6 is 0 Å². The summed E-state index contributed by atoms with van der Waals surface area (Å²) in [6.45, 7) is 0. The van der Waals surface area contributed by atoms with Crippen LogP contribution in [0.3, 0.4) is 0 Å². The van der Waals surface area contributed by atoms with Gasteiger partial charge in [0.1, 0.15) is 22.4 Å². The maximum absolute atomic E-state index is 13.3. The molecule has 13 unspecified atom stereocenters. The Morgan fingerprint density at radius 3 is 2.67 bits per heavy atom. The van der Waals surface area contributed by atoms with Gasteiger partial charge < -0.3 is 29.9 Å². The van der Waals surface area contributed by atoms with Gasteiger partial charge in [0.25, 0.3) is 0 Å². The molecule has 9 aliphatic carbocycles. The molecule has 8 nitrogen and oxygen atoms in total. The molecule has 210 valence electrons. The van der Waals surface area contributed by atoms with Crippen molar-refractivity contribution in [2.45, 2.75) is 53.9 Å². The smallest absolute Gasteiger partial charge is 0.310 e. The number of aliphatic hydroxyl groups is 2. The van der Waals surface area contributed by atoms with Gasteiger partial charge in [-0.1, -0.05) is 42.0 Å². The van der Waals surface area contributed by atoms with Crippen molar-refractivity contribution in [3.63, 3.8) is 0 Å². The second-order valence-electron chi connectivity index (χ2n) is 14.5. The molecule has 2 saturated carbocycles. The molecule has 1 aromatic carbocycles. The molecule has 4 spiro atoms. The SMILES string of the molecule is O=C(O)C1CC2=CC=C3C=CC4C(C(=O)O)C5CC(O)c6ccc7c8c6C56OC65C6C(=C1CC(C=86)C(O)C=7)C21OC31C45. The Morgan fingerprint density at radius 1 is 1.00 bits per heavy atom. The highest BCUT2D eigenvalue weighted by atomic mass is 16.7. The van der Waals surface area contributed by atoms with Crippen LogP contribution in [0.5, 0.6) is 0 Å². The third-order valence-electron chi connectivity index (χ3n) is 13.7. The summed E-state index contributed by atoms with van der Waals surface area (Å²) in [5.74, 6) is -5.00. The zero-order chi connectivity index (χ0) is 28.0. The van der Waals surface area contributed by atoms with Crippen LogP contribution in [-0.2, 0) is 24.7 Å². The van der Waals surface area contributed by atoms with E-state index in [1.165, 1.54) is 0 Å². The van der Waals surface area contributed by atoms with E-state index in [1.807, 2.05) is 30.4 Å². The van der Waals surface area contributed by atoms with Crippen LogP contribution in [0.2, 0.25) is 0 Å². The normalized spacial score (nSPS) is 53.8. The highest BCUT2D eigenvalue weighted by Gasteiger charge is 2.99. The lowest BCUT2D eigenvalue weighted by atomic mass is 9.36. The molecule has 8 heteroatoms. The van der Waals surface area contributed by atoms with Gasteiger partial charge in [0.15, 0.2) is 0 Å². The molecule has 11 aliphatic rings. The van der Waals surface area contributed by atoms with Crippen molar-refractivity contribution in [2.24, 2.45) is 41.4 Å². The summed E-state index contributed by atoms with van der Waals surface area (Å²) in [7, 11) is 0. The van der Waals surface area contributed by atoms with Crippen molar-refractivity contribution >= 4 is 23.6 Å². The fourth-order valence-electron chi connectivity index (χ4n) is 12.8. The highest BCUT2D eigenvalue weighted by Crippen LogP contribution is 2.90. The van der Waals surface area contributed by atoms with E-state index in [2.05, 4.69) is 12.2 Å². The molecule has 13 atom stereocenters. The zero-order valence-electron chi connectivity index (χ0n) is 22.3. The molecule has 0 amide bonds. The molecule has 42 heavy (non-hydrogen) atoms. The number of epoxide rings is 2. The Bertz CT molecular complexity index is 2000. The fourth-order valence-corrected chi connectivity index (χ4v) is 12.8. The number of hydrogen-bond donors (Lipinski definition) is 4. The first-order valence-corrected chi connectivity index (χ1v) is 15.2. The van der Waals surface area contributed by atoms with Crippen LogP contribution in [0.25, 0.3) is 11.6 Å². The summed E-state index contributed by atoms with van der Waals surface area (Å²) in [6, 6.07) is 3.91. The van der Waals surface area contributed by atoms with Crippen LogP contribution in [0.15, 0.2) is 58.7 Å². The van der Waals surface area contributed by atoms with Gasteiger partial charge in [-0.15, -0.1) is 0 Å². The van der Waals surface area contributed by atoms with E-state index < -0.39 is 64.3 Å². The van der Waals surface area contributed by atoms with Crippen LogP contribution < -0.4 is 10.4 Å². The third-order valence-corrected chi connectivity index (χ3v) is 13.7. The minimum atomic E-state index is -0.929. The van der Waals surface area contributed by atoms with E-state index >= 15 is 0 Å². The van der Waals surface area contributed by atoms with Gasteiger partial charge in [-0.05, 0) is 69.5 Å². The van der Waals surface area contributed by atoms with Crippen molar-refractivity contribution in [2.75, 3.05) is 0 Å². The van der Waals surface area contributed by atoms with E-state index in [0.717, 1.165) is 49.4 Å². The third kappa shape index (κ3) is 1.70. The number of carbonyl (C=O) groups is 2. The molecule has 0 aromatic heterocycles. The molecule has 12 rings (SSSR count). The Balaban J connectivity index is 1.33. The largest absolute Gasteiger partial charge is 0.481 e. The van der Waals surface area contributed by atoms with Gasteiger partial charge in [-0.3, -0.25) is 9.59 Å². The van der Waals surface area contributed by atoms with Crippen molar-refractivity contribution < 1.29 is 39.5 Å². The van der Waals surface area contributed by atoms with Crippen molar-refractivity contribution in [3.05, 3.63) is 80.3 Å². The summed E-state index contributed by atoms with van der Waals surface area (Å²) in [5.41, 5.74) is 3.26. The van der Waals surface area contributed by atoms with Gasteiger partial charge in [-0.2, -0.15) is 0 Å². The number of aliphatic hydroxyl groups excluding tert-OH is 2. The van der Waals surface area contributed by atoms with Crippen LogP contribution in [-0.4, -0.2) is 55.3 Å². The minimum Gasteiger partial charge on any atom is -0.481 e. The van der Waals surface area contributed by atoms with Crippen LogP contribution in [0.4, 0.5) is 0 Å². The number of carboxylic acid groups (broad SMARTS) is 2. The molecule has 2 heterocycles. The predicted octanol–water partition coefficient (Wildman–Crippen LogP) is 0.965. The zero-order valence-corrected chi connectivity index (χ0v) is 22.3. The lowest BCUT2D eigenvalue weighted by Crippen LogP contribution is -2.71. The topological polar surface area (TPSA) is 140 Å². The van der Waals surface area contributed by atoms with Crippen molar-refractivity contribution in [1.82, 2.24) is 0 Å². The first-order valence-electron chi connectivity index (χ1n) is 15.2. The molecular weight excluding hydrogens is 536 g/mol. The van der Waals surface area contributed by atoms with Crippen molar-refractivity contribution in [3.8, 4) is 0 Å². The quantitative estimate of drug-likeness (QED) is 0.309. The first kappa shape index (κ1) is 22.3. The van der Waals surface area contributed by atoms with Gasteiger partial charge in [0.2, 0.25) is 0 Å². The maximum Gasteiger partial charge on any atom is 0.310 e. The molecule has 4 N–H and O–H groups in total. The van der Waals surface area contributed by atoms with Gasteiger partial charge in [0.05, 0.1) is 24.0 Å². The average Bonchev–Trinajstić information content (AvgIpc) is 3.85. The Kier molecular flexibility index (Phi) is 3.13. The second-order valence-corrected chi connectivity index (χ2v) is 14.5. The first-order chi connectivity index (χ1) is 20.2. The van der Waals surface area contributed by atoms with Crippen LogP contribution in [0.1, 0.15) is 36.5 Å². The number of aliphatic carboxylic acids is 2. The van der Waals surface area contributed by atoms with Gasteiger partial charge >= 0.3 is 11.9 Å². The standard InChI is InChI=1S/C34H26O8/c35-20-7-11-1-5-14-21(36)10-19-23(30(39)40)15-6-4-12-2-3-13-8-17(29(37)38)16-9-18(20)24-22(11)25(14)33(19)34(42-33)27(24)26(16)31(13)32(12,41-31)28(15)34/h1-7,15,17-21,23,27-28,35-36H,8-10H2,(H,37,38)(H,39,40). The van der Waals surface area contributed by atoms with Crippen molar-refractivity contribution in [1.29, 1.82) is 0 Å². The lowest BCUT2D eigenvalue weighted by molar-refractivity contribution is -0.152. The molecule has 2 saturated heterocycles. The molecule has 2 aliphatic heterocycles. The van der Waals surface area contributed by atoms with Gasteiger partial charge in [0, 0.05) is 29.2 Å². The second kappa shape index (κ2) is 5.91. The van der Waals surface area contributed by atoms with E-state index in [0.29, 0.717) is 12.8 Å². The predicted molar refractivity (Wildman–Crippen MR) is 142 cm³/mol. The summed E-state index contributed by atoms with van der Waals surface area (Å²) < 4.78 is 14.5. The van der Waals surface area contributed by atoms with E-state index in [-0.39, 0.29) is 30.1 Å². The molecule has 4 fully saturated rings. The number of rotatable bonds is 2. The summed E-state index contributed by atoms with van der Waals surface area (Å²) >= 11 is 0. The summed E-state index contributed by atoms with van der Waals surface area (Å²) in [6.07, 6.45) is 9.50. The highest BCUT2D eigenvalue weighted by molar-refractivity contribution is 5.87. The number of benzene rings is 1. The lowest BCUT2D eigenvalue weighted by Gasteiger charge is -2.62. The molecular formula is C34H26O8. The monoisotopic (exact) mass is 562 g/mol. The Labute approximate surface area is 238 Å². The summed E-state index contributed by atoms with van der Waals surface area (Å²) in [5, 5.41) is 46.5. The fraction of sp³-hybridized carbons (Fsp3) is 0.471. The number of ether oxygens (including phenoxy) is 2. The van der Waals surface area contributed by atoms with E-state index in [4.69, 9.17) is 9.47 Å². The van der Waals surface area contributed by atoms with Crippen LogP contribution in [0, 0.1) is 41.4 Å².